The number of hydrogen-bond acceptors (Lipinski definition) is 5. The van der Waals surface area contributed by atoms with Crippen LogP contribution in [-0.4, -0.2) is 29.2 Å². The highest BCUT2D eigenvalue weighted by molar-refractivity contribution is 5.76. The Morgan fingerprint density at radius 1 is 1.41 bits per heavy atom. The molecular formula is C11H15N3O3. The maximum atomic E-state index is 11.0. The lowest BCUT2D eigenvalue weighted by Gasteiger charge is -2.32. The number of hydrogen-bond donors (Lipinski definition) is 3. The van der Waals surface area contributed by atoms with Crippen molar-refractivity contribution in [2.24, 2.45) is 0 Å². The van der Waals surface area contributed by atoms with Crippen molar-refractivity contribution in [3.05, 3.63) is 28.3 Å². The lowest BCUT2D eigenvalue weighted by atomic mass is 9.89. The normalized spacial score (nSPS) is 22.7. The minimum absolute atomic E-state index is 0.0522. The average molecular weight is 237 g/mol. The Hall–Kier alpha value is -1.82. The fourth-order valence-corrected chi connectivity index (χ4v) is 1.98. The zero-order chi connectivity index (χ0) is 12.4. The first-order chi connectivity index (χ1) is 8.11. The molecule has 6 nitrogen and oxygen atoms in total. The van der Waals surface area contributed by atoms with Crippen LogP contribution in [-0.2, 0) is 0 Å². The Balaban J connectivity index is 2.23. The van der Waals surface area contributed by atoms with Gasteiger partial charge in [-0.15, -0.1) is 0 Å². The minimum Gasteiger partial charge on any atom is -0.393 e. The molecule has 1 aromatic rings. The molecule has 0 radical (unpaired) electrons. The predicted octanol–water partition coefficient (Wildman–Crippen LogP) is 1.57. The molecule has 0 aliphatic heterocycles. The van der Waals surface area contributed by atoms with Gasteiger partial charge in [0.05, 0.1) is 11.0 Å². The first-order valence-electron chi connectivity index (χ1n) is 5.51. The van der Waals surface area contributed by atoms with Crippen LogP contribution in [0.2, 0.25) is 0 Å². The molecule has 0 heterocycles. The van der Waals surface area contributed by atoms with Gasteiger partial charge in [0.15, 0.2) is 0 Å². The SMILES string of the molecule is CNc1cccc(NC2CC(O)C2)c1[N+](=O)[O-]. The average Bonchev–Trinajstić information content (AvgIpc) is 2.26. The largest absolute Gasteiger partial charge is 0.393 e. The molecule has 0 atom stereocenters. The molecule has 0 aromatic heterocycles. The van der Waals surface area contributed by atoms with Crippen LogP contribution in [0.25, 0.3) is 0 Å². The van der Waals surface area contributed by atoms with Crippen molar-refractivity contribution in [2.45, 2.75) is 25.0 Å². The second-order valence-electron chi connectivity index (χ2n) is 4.18. The first kappa shape index (κ1) is 11.7. The van der Waals surface area contributed by atoms with Crippen molar-refractivity contribution < 1.29 is 10.0 Å². The van der Waals surface area contributed by atoms with E-state index < -0.39 is 4.92 Å². The second kappa shape index (κ2) is 4.58. The first-order valence-corrected chi connectivity index (χ1v) is 5.51. The Morgan fingerprint density at radius 2 is 2.06 bits per heavy atom. The fourth-order valence-electron chi connectivity index (χ4n) is 1.98. The molecule has 3 N–H and O–H groups in total. The maximum absolute atomic E-state index is 11.0. The summed E-state index contributed by atoms with van der Waals surface area (Å²) in [6.45, 7) is 0. The number of nitro groups is 1. The number of nitrogens with zero attached hydrogens (tertiary/aromatic N) is 1. The number of benzene rings is 1. The van der Waals surface area contributed by atoms with Gasteiger partial charge in [-0.1, -0.05) is 6.07 Å². The van der Waals surface area contributed by atoms with Crippen LogP contribution >= 0.6 is 0 Å². The van der Waals surface area contributed by atoms with Crippen LogP contribution in [0.4, 0.5) is 17.1 Å². The standard InChI is InChI=1S/C11H15N3O3/c1-12-9-3-2-4-10(11(9)14(16)17)13-7-5-8(15)6-7/h2-4,7-8,12-13,15H,5-6H2,1H3. The summed E-state index contributed by atoms with van der Waals surface area (Å²) >= 11 is 0. The summed E-state index contributed by atoms with van der Waals surface area (Å²) in [6, 6.07) is 5.23. The van der Waals surface area contributed by atoms with Gasteiger partial charge in [-0.3, -0.25) is 10.1 Å². The molecule has 0 bridgehead atoms. The molecule has 1 fully saturated rings. The molecule has 0 amide bonds. The van der Waals surface area contributed by atoms with Crippen molar-refractivity contribution in [1.82, 2.24) is 0 Å². The molecule has 1 aliphatic rings. The Labute approximate surface area is 98.8 Å². The second-order valence-corrected chi connectivity index (χ2v) is 4.18. The molecule has 0 unspecified atom stereocenters. The van der Waals surface area contributed by atoms with Gasteiger partial charge in [-0.2, -0.15) is 0 Å². The maximum Gasteiger partial charge on any atom is 0.315 e. The zero-order valence-corrected chi connectivity index (χ0v) is 9.51. The van der Waals surface area contributed by atoms with Gasteiger partial charge in [-0.05, 0) is 25.0 Å². The van der Waals surface area contributed by atoms with Crippen molar-refractivity contribution in [3.63, 3.8) is 0 Å². The highest BCUT2D eigenvalue weighted by Gasteiger charge is 2.29. The number of nitro benzene ring substituents is 1. The van der Waals surface area contributed by atoms with Gasteiger partial charge < -0.3 is 15.7 Å². The third-order valence-corrected chi connectivity index (χ3v) is 2.96. The molecule has 0 saturated heterocycles. The van der Waals surface area contributed by atoms with Crippen LogP contribution in [0.15, 0.2) is 18.2 Å². The molecule has 6 heteroatoms. The number of aliphatic hydroxyl groups is 1. The third kappa shape index (κ3) is 2.31. The molecule has 2 rings (SSSR count). The van der Waals surface area contributed by atoms with E-state index in [2.05, 4.69) is 10.6 Å². The van der Waals surface area contributed by atoms with E-state index >= 15 is 0 Å². The number of para-hydroxylation sites is 1. The highest BCUT2D eigenvalue weighted by atomic mass is 16.6. The topological polar surface area (TPSA) is 87.4 Å². The molecular weight excluding hydrogens is 222 g/mol. The van der Waals surface area contributed by atoms with Crippen molar-refractivity contribution in [1.29, 1.82) is 0 Å². The summed E-state index contributed by atoms with van der Waals surface area (Å²) in [4.78, 5) is 10.6. The number of rotatable bonds is 4. The molecule has 92 valence electrons. The van der Waals surface area contributed by atoms with E-state index in [-0.39, 0.29) is 17.8 Å². The van der Waals surface area contributed by atoms with E-state index in [0.717, 1.165) is 0 Å². The van der Waals surface area contributed by atoms with E-state index in [9.17, 15) is 15.2 Å². The van der Waals surface area contributed by atoms with E-state index in [4.69, 9.17) is 0 Å². The number of aliphatic hydroxyl groups excluding tert-OH is 1. The van der Waals surface area contributed by atoms with E-state index in [0.29, 0.717) is 24.2 Å². The molecule has 0 spiro atoms. The van der Waals surface area contributed by atoms with E-state index in [1.165, 1.54) is 0 Å². The van der Waals surface area contributed by atoms with Crippen molar-refractivity contribution in [2.75, 3.05) is 17.7 Å². The van der Waals surface area contributed by atoms with Crippen LogP contribution < -0.4 is 10.6 Å². The lowest BCUT2D eigenvalue weighted by molar-refractivity contribution is -0.383. The summed E-state index contributed by atoms with van der Waals surface area (Å²) in [5.74, 6) is 0. The van der Waals surface area contributed by atoms with Gasteiger partial charge in [0, 0.05) is 13.1 Å². The van der Waals surface area contributed by atoms with Crippen molar-refractivity contribution >= 4 is 17.1 Å². The van der Waals surface area contributed by atoms with Crippen LogP contribution in [0.3, 0.4) is 0 Å². The van der Waals surface area contributed by atoms with Crippen LogP contribution in [0, 0.1) is 10.1 Å². The Kier molecular flexibility index (Phi) is 3.14. The third-order valence-electron chi connectivity index (χ3n) is 2.96. The van der Waals surface area contributed by atoms with Gasteiger partial charge >= 0.3 is 5.69 Å². The molecule has 17 heavy (non-hydrogen) atoms. The van der Waals surface area contributed by atoms with Crippen LogP contribution in [0.1, 0.15) is 12.8 Å². The predicted molar refractivity (Wildman–Crippen MR) is 65.3 cm³/mol. The monoisotopic (exact) mass is 237 g/mol. The van der Waals surface area contributed by atoms with E-state index in [1.807, 2.05) is 0 Å². The highest BCUT2D eigenvalue weighted by Crippen LogP contribution is 2.35. The smallest absolute Gasteiger partial charge is 0.315 e. The van der Waals surface area contributed by atoms with Gasteiger partial charge in [-0.25, -0.2) is 0 Å². The number of anilines is 2. The van der Waals surface area contributed by atoms with Gasteiger partial charge in [0.1, 0.15) is 11.4 Å². The van der Waals surface area contributed by atoms with E-state index in [1.54, 1.807) is 25.2 Å². The Morgan fingerprint density at radius 3 is 2.59 bits per heavy atom. The summed E-state index contributed by atoms with van der Waals surface area (Å²) < 4.78 is 0. The fraction of sp³-hybridized carbons (Fsp3) is 0.455. The molecule has 1 aromatic carbocycles. The summed E-state index contributed by atoms with van der Waals surface area (Å²) in [5, 5.41) is 26.1. The number of nitrogens with one attached hydrogen (secondary N) is 2. The summed E-state index contributed by atoms with van der Waals surface area (Å²) in [5.41, 5.74) is 1.04. The minimum atomic E-state index is -0.400. The quantitative estimate of drug-likeness (QED) is 0.546. The Bertz CT molecular complexity index is 430. The molecule has 1 aliphatic carbocycles. The van der Waals surface area contributed by atoms with Crippen LogP contribution in [0.5, 0.6) is 0 Å². The molecule has 1 saturated carbocycles. The van der Waals surface area contributed by atoms with Gasteiger partial charge in [0.2, 0.25) is 0 Å². The summed E-state index contributed by atoms with van der Waals surface area (Å²) in [7, 11) is 1.65. The lowest BCUT2D eigenvalue weighted by Crippen LogP contribution is -2.39. The summed E-state index contributed by atoms with van der Waals surface area (Å²) in [6.07, 6.45) is 1.00. The van der Waals surface area contributed by atoms with Gasteiger partial charge in [0.25, 0.3) is 0 Å². The van der Waals surface area contributed by atoms with Crippen molar-refractivity contribution in [3.8, 4) is 0 Å². The zero-order valence-electron chi connectivity index (χ0n) is 9.51.